The molecule has 0 saturated carbocycles. The van der Waals surface area contributed by atoms with E-state index in [1.165, 1.54) is 11.1 Å². The topological polar surface area (TPSA) is 35.5 Å². The number of aliphatic hydroxyl groups is 1. The van der Waals surface area contributed by atoms with Gasteiger partial charge in [0, 0.05) is 31.7 Å². The van der Waals surface area contributed by atoms with Gasteiger partial charge >= 0.3 is 0 Å². The summed E-state index contributed by atoms with van der Waals surface area (Å²) in [4.78, 5) is 2.43. The third-order valence-electron chi connectivity index (χ3n) is 5.04. The normalized spacial score (nSPS) is 23.1. The molecule has 2 aromatic rings. The second kappa shape index (κ2) is 8.43. The number of nitrogens with zero attached hydrogens (tertiary/aromatic N) is 1. The van der Waals surface area contributed by atoms with Crippen molar-refractivity contribution in [1.29, 1.82) is 0 Å². The number of likely N-dealkylation sites (tertiary alicyclic amines) is 1. The van der Waals surface area contributed by atoms with E-state index in [4.69, 9.17) is 0 Å². The molecule has 0 bridgehead atoms. The first-order valence-electron chi connectivity index (χ1n) is 9.02. The number of rotatable bonds is 6. The van der Waals surface area contributed by atoms with Gasteiger partial charge < -0.3 is 10.4 Å². The van der Waals surface area contributed by atoms with Crippen molar-refractivity contribution in [3.63, 3.8) is 0 Å². The highest BCUT2D eigenvalue weighted by atomic mass is 16.3. The molecule has 2 N–H and O–H groups in total. The molecule has 3 rings (SSSR count). The fraction of sp³-hybridized carbons (Fsp3) is 0.429. The van der Waals surface area contributed by atoms with Crippen LogP contribution in [0.15, 0.2) is 60.7 Å². The highest BCUT2D eigenvalue weighted by Gasteiger charge is 2.30. The van der Waals surface area contributed by atoms with Gasteiger partial charge in [-0.2, -0.15) is 0 Å². The lowest BCUT2D eigenvalue weighted by molar-refractivity contribution is 0.0186. The van der Waals surface area contributed by atoms with Crippen LogP contribution in [-0.2, 0) is 6.54 Å². The second-order valence-electron chi connectivity index (χ2n) is 6.66. The quantitative estimate of drug-likeness (QED) is 0.855. The van der Waals surface area contributed by atoms with Crippen molar-refractivity contribution in [1.82, 2.24) is 10.2 Å². The summed E-state index contributed by atoms with van der Waals surface area (Å²) in [7, 11) is 0. The van der Waals surface area contributed by atoms with E-state index in [-0.39, 0.29) is 12.1 Å². The highest BCUT2D eigenvalue weighted by molar-refractivity contribution is 5.19. The number of piperidine rings is 1. The van der Waals surface area contributed by atoms with Crippen LogP contribution in [0.3, 0.4) is 0 Å². The van der Waals surface area contributed by atoms with Crippen LogP contribution < -0.4 is 5.32 Å². The lowest BCUT2D eigenvalue weighted by atomic mass is 9.96. The monoisotopic (exact) mass is 324 g/mol. The smallest absolute Gasteiger partial charge is 0.0820 e. The Kier molecular flexibility index (Phi) is 6.02. The fourth-order valence-electron chi connectivity index (χ4n) is 3.70. The van der Waals surface area contributed by atoms with E-state index in [1.807, 2.05) is 6.07 Å². The molecule has 1 aliphatic heterocycles. The maximum absolute atomic E-state index is 10.6. The van der Waals surface area contributed by atoms with Gasteiger partial charge in [0.15, 0.2) is 0 Å². The molecule has 1 unspecified atom stereocenters. The molecule has 0 radical (unpaired) electrons. The molecule has 0 amide bonds. The van der Waals surface area contributed by atoms with Crippen molar-refractivity contribution in [2.24, 2.45) is 0 Å². The Morgan fingerprint density at radius 3 is 2.38 bits per heavy atom. The van der Waals surface area contributed by atoms with Crippen LogP contribution in [0.4, 0.5) is 0 Å². The SMILES string of the molecule is CCC(c1ccccc1)N1CC[C@@H](NCc2ccccc2)[C@H](O)C1. The third-order valence-corrected chi connectivity index (χ3v) is 5.04. The predicted molar refractivity (Wildman–Crippen MR) is 98.7 cm³/mol. The zero-order valence-electron chi connectivity index (χ0n) is 14.4. The van der Waals surface area contributed by atoms with Gasteiger partial charge in [-0.25, -0.2) is 0 Å². The molecule has 1 fully saturated rings. The van der Waals surface area contributed by atoms with E-state index in [1.54, 1.807) is 0 Å². The van der Waals surface area contributed by atoms with Gasteiger partial charge in [-0.15, -0.1) is 0 Å². The zero-order chi connectivity index (χ0) is 16.8. The first-order valence-corrected chi connectivity index (χ1v) is 9.02. The number of aliphatic hydroxyl groups excluding tert-OH is 1. The molecule has 0 aliphatic carbocycles. The van der Waals surface area contributed by atoms with Crippen LogP contribution in [0.5, 0.6) is 0 Å². The summed E-state index contributed by atoms with van der Waals surface area (Å²) in [6, 6.07) is 21.6. The molecule has 1 heterocycles. The molecule has 128 valence electrons. The Labute approximate surface area is 145 Å². The first-order chi connectivity index (χ1) is 11.8. The Morgan fingerprint density at radius 2 is 1.75 bits per heavy atom. The standard InChI is InChI=1S/C21H28N2O/c1-2-20(18-11-7-4-8-12-18)23-14-13-19(21(24)16-23)22-15-17-9-5-3-6-10-17/h3-12,19-22,24H,2,13-16H2,1H3/t19-,20?,21-/m1/s1. The maximum Gasteiger partial charge on any atom is 0.0820 e. The summed E-state index contributed by atoms with van der Waals surface area (Å²) in [5, 5.41) is 14.1. The number of benzene rings is 2. The average molecular weight is 324 g/mol. The van der Waals surface area contributed by atoms with Crippen LogP contribution in [0.25, 0.3) is 0 Å². The Balaban J connectivity index is 1.56. The Hall–Kier alpha value is -1.68. The number of hydrogen-bond acceptors (Lipinski definition) is 3. The highest BCUT2D eigenvalue weighted by Crippen LogP contribution is 2.27. The summed E-state index contributed by atoms with van der Waals surface area (Å²) in [6.45, 7) is 4.80. The molecule has 0 spiro atoms. The lowest BCUT2D eigenvalue weighted by Crippen LogP contribution is -2.53. The van der Waals surface area contributed by atoms with E-state index < -0.39 is 0 Å². The molecule has 3 nitrogen and oxygen atoms in total. The Bertz CT molecular complexity index is 602. The van der Waals surface area contributed by atoms with E-state index in [0.29, 0.717) is 6.04 Å². The van der Waals surface area contributed by atoms with Gasteiger partial charge in [0.25, 0.3) is 0 Å². The molecular formula is C21H28N2O. The largest absolute Gasteiger partial charge is 0.390 e. The third kappa shape index (κ3) is 4.23. The van der Waals surface area contributed by atoms with E-state index in [2.05, 4.69) is 71.7 Å². The molecule has 1 saturated heterocycles. The minimum Gasteiger partial charge on any atom is -0.390 e. The van der Waals surface area contributed by atoms with Crippen LogP contribution >= 0.6 is 0 Å². The van der Waals surface area contributed by atoms with E-state index >= 15 is 0 Å². The van der Waals surface area contributed by atoms with Crippen LogP contribution in [0, 0.1) is 0 Å². The van der Waals surface area contributed by atoms with Crippen molar-refractivity contribution < 1.29 is 5.11 Å². The fourth-order valence-corrected chi connectivity index (χ4v) is 3.70. The second-order valence-corrected chi connectivity index (χ2v) is 6.66. The summed E-state index contributed by atoms with van der Waals surface area (Å²) < 4.78 is 0. The number of nitrogens with one attached hydrogen (secondary N) is 1. The molecule has 3 heteroatoms. The number of β-amino-alcohol motifs (C(OH)–C–C–N with tert-alkyl or cyclic N) is 1. The van der Waals surface area contributed by atoms with Crippen molar-refractivity contribution in [3.8, 4) is 0 Å². The van der Waals surface area contributed by atoms with E-state index in [9.17, 15) is 5.11 Å². The van der Waals surface area contributed by atoms with Gasteiger partial charge in [-0.3, -0.25) is 4.90 Å². The van der Waals surface area contributed by atoms with Gasteiger partial charge in [-0.05, 0) is 24.0 Å². The summed E-state index contributed by atoms with van der Waals surface area (Å²) in [5.41, 5.74) is 2.62. The minimum absolute atomic E-state index is 0.176. The van der Waals surface area contributed by atoms with Crippen LogP contribution in [0.1, 0.15) is 36.9 Å². The van der Waals surface area contributed by atoms with Crippen LogP contribution in [-0.4, -0.2) is 35.2 Å². The molecule has 3 atom stereocenters. The first kappa shape index (κ1) is 17.2. The molecule has 2 aromatic carbocycles. The van der Waals surface area contributed by atoms with Crippen molar-refractivity contribution in [2.75, 3.05) is 13.1 Å². The molecule has 0 aromatic heterocycles. The maximum atomic E-state index is 10.6. The van der Waals surface area contributed by atoms with E-state index in [0.717, 1.165) is 32.5 Å². The minimum atomic E-state index is -0.319. The molecule has 24 heavy (non-hydrogen) atoms. The molecule has 1 aliphatic rings. The lowest BCUT2D eigenvalue weighted by Gasteiger charge is -2.40. The van der Waals surface area contributed by atoms with Gasteiger partial charge in [0.1, 0.15) is 0 Å². The van der Waals surface area contributed by atoms with Crippen molar-refractivity contribution >= 4 is 0 Å². The summed E-state index contributed by atoms with van der Waals surface area (Å²) in [6.07, 6.45) is 1.73. The number of hydrogen-bond donors (Lipinski definition) is 2. The Morgan fingerprint density at radius 1 is 1.08 bits per heavy atom. The average Bonchev–Trinajstić information content (AvgIpc) is 2.63. The summed E-state index contributed by atoms with van der Waals surface area (Å²) in [5.74, 6) is 0. The summed E-state index contributed by atoms with van der Waals surface area (Å²) >= 11 is 0. The van der Waals surface area contributed by atoms with Gasteiger partial charge in [-0.1, -0.05) is 67.6 Å². The van der Waals surface area contributed by atoms with Crippen molar-refractivity contribution in [3.05, 3.63) is 71.8 Å². The van der Waals surface area contributed by atoms with Crippen molar-refractivity contribution in [2.45, 2.75) is 44.5 Å². The predicted octanol–water partition coefficient (Wildman–Crippen LogP) is 3.36. The molecular weight excluding hydrogens is 296 g/mol. The zero-order valence-corrected chi connectivity index (χ0v) is 14.4. The van der Waals surface area contributed by atoms with Crippen LogP contribution in [0.2, 0.25) is 0 Å². The van der Waals surface area contributed by atoms with Gasteiger partial charge in [0.2, 0.25) is 0 Å². The van der Waals surface area contributed by atoms with Gasteiger partial charge in [0.05, 0.1) is 6.10 Å².